The quantitative estimate of drug-likeness (QED) is 0.755. The zero-order valence-electron chi connectivity index (χ0n) is 14.8. The minimum Gasteiger partial charge on any atom is -0.374 e. The summed E-state index contributed by atoms with van der Waals surface area (Å²) in [4.78, 5) is 28.6. The predicted octanol–water partition coefficient (Wildman–Crippen LogP) is 0.571. The van der Waals surface area contributed by atoms with Crippen molar-refractivity contribution in [3.63, 3.8) is 0 Å². The Morgan fingerprint density at radius 3 is 2.88 bits per heavy atom. The summed E-state index contributed by atoms with van der Waals surface area (Å²) in [6.45, 7) is 3.57. The zero-order chi connectivity index (χ0) is 18.0. The van der Waals surface area contributed by atoms with Crippen LogP contribution in [0.1, 0.15) is 28.2 Å². The van der Waals surface area contributed by atoms with E-state index in [0.29, 0.717) is 25.5 Å². The van der Waals surface area contributed by atoms with Crippen molar-refractivity contribution in [1.29, 1.82) is 0 Å². The molecule has 2 heterocycles. The standard InChI is InChI=1S/C16H24N4O4S/c1-10-15(17-18-25-10)16(22)20-4-5-24-13-7-11(6-12(13)20)8-23-9-14(21)19(2)3/h11-13H,4-9H2,1-3H3/t11-,12-,13+/m0/s1. The van der Waals surface area contributed by atoms with Gasteiger partial charge in [0.1, 0.15) is 6.61 Å². The van der Waals surface area contributed by atoms with Crippen LogP contribution in [0.5, 0.6) is 0 Å². The molecular weight excluding hydrogens is 344 g/mol. The number of likely N-dealkylation sites (N-methyl/N-ethyl adjacent to an activating group) is 1. The molecule has 2 fully saturated rings. The minimum atomic E-state index is -0.0612. The highest BCUT2D eigenvalue weighted by Gasteiger charge is 2.43. The van der Waals surface area contributed by atoms with Crippen molar-refractivity contribution in [3.05, 3.63) is 10.6 Å². The molecule has 1 saturated heterocycles. The van der Waals surface area contributed by atoms with Crippen molar-refractivity contribution in [3.8, 4) is 0 Å². The van der Waals surface area contributed by atoms with Gasteiger partial charge in [-0.15, -0.1) is 5.10 Å². The summed E-state index contributed by atoms with van der Waals surface area (Å²) in [5.41, 5.74) is 0.446. The van der Waals surface area contributed by atoms with Gasteiger partial charge in [0.15, 0.2) is 5.69 Å². The molecule has 8 nitrogen and oxygen atoms in total. The molecule has 25 heavy (non-hydrogen) atoms. The number of aromatic nitrogens is 2. The lowest BCUT2D eigenvalue weighted by molar-refractivity contribution is -0.134. The Bertz CT molecular complexity index is 635. The average molecular weight is 368 g/mol. The summed E-state index contributed by atoms with van der Waals surface area (Å²) < 4.78 is 15.3. The maximum absolute atomic E-state index is 12.8. The summed E-state index contributed by atoms with van der Waals surface area (Å²) in [5.74, 6) is 0.178. The van der Waals surface area contributed by atoms with Crippen LogP contribution in [-0.4, -0.2) is 83.8 Å². The molecule has 0 spiro atoms. The molecule has 9 heteroatoms. The van der Waals surface area contributed by atoms with E-state index in [1.165, 1.54) is 16.4 Å². The van der Waals surface area contributed by atoms with Gasteiger partial charge in [-0.25, -0.2) is 0 Å². The summed E-state index contributed by atoms with van der Waals surface area (Å²) in [6.07, 6.45) is 1.70. The van der Waals surface area contributed by atoms with Crippen LogP contribution in [0.2, 0.25) is 0 Å². The molecule has 2 aliphatic rings. The highest BCUT2D eigenvalue weighted by Crippen LogP contribution is 2.35. The van der Waals surface area contributed by atoms with E-state index in [2.05, 4.69) is 9.59 Å². The molecule has 1 saturated carbocycles. The van der Waals surface area contributed by atoms with Gasteiger partial charge in [-0.2, -0.15) is 0 Å². The Kier molecular flexibility index (Phi) is 5.65. The third kappa shape index (κ3) is 3.99. The third-order valence-electron chi connectivity index (χ3n) is 4.83. The first-order chi connectivity index (χ1) is 12.0. The maximum atomic E-state index is 12.8. The third-order valence-corrected chi connectivity index (χ3v) is 5.46. The summed E-state index contributed by atoms with van der Waals surface area (Å²) >= 11 is 1.24. The molecule has 3 atom stereocenters. The van der Waals surface area contributed by atoms with Crippen molar-refractivity contribution in [2.24, 2.45) is 5.92 Å². The fraction of sp³-hybridized carbons (Fsp3) is 0.750. The van der Waals surface area contributed by atoms with E-state index in [0.717, 1.165) is 17.7 Å². The predicted molar refractivity (Wildman–Crippen MR) is 91.4 cm³/mol. The van der Waals surface area contributed by atoms with Gasteiger partial charge in [-0.1, -0.05) is 4.49 Å². The fourth-order valence-corrected chi connectivity index (χ4v) is 3.91. The summed E-state index contributed by atoms with van der Waals surface area (Å²) in [7, 11) is 3.42. The second-order valence-corrected chi connectivity index (χ2v) is 7.75. The lowest BCUT2D eigenvalue weighted by atomic mass is 10.1. The second kappa shape index (κ2) is 7.76. The highest BCUT2D eigenvalue weighted by atomic mass is 32.1. The topological polar surface area (TPSA) is 84.9 Å². The van der Waals surface area contributed by atoms with Crippen molar-refractivity contribution >= 4 is 23.3 Å². The Morgan fingerprint density at radius 1 is 1.40 bits per heavy atom. The second-order valence-electron chi connectivity index (χ2n) is 6.79. The molecule has 2 amide bonds. The van der Waals surface area contributed by atoms with Crippen LogP contribution in [0.4, 0.5) is 0 Å². The van der Waals surface area contributed by atoms with E-state index in [9.17, 15) is 9.59 Å². The van der Waals surface area contributed by atoms with Crippen LogP contribution < -0.4 is 0 Å². The fourth-order valence-electron chi connectivity index (χ4n) is 3.45. The molecule has 1 aliphatic heterocycles. The van der Waals surface area contributed by atoms with Gasteiger partial charge in [-0.05, 0) is 37.2 Å². The van der Waals surface area contributed by atoms with Gasteiger partial charge in [0, 0.05) is 20.6 Å². The molecule has 0 bridgehead atoms. The molecular formula is C16H24N4O4S. The van der Waals surface area contributed by atoms with Gasteiger partial charge in [-0.3, -0.25) is 9.59 Å². The number of fused-ring (bicyclic) bond motifs is 1. The molecule has 138 valence electrons. The largest absolute Gasteiger partial charge is 0.374 e. The van der Waals surface area contributed by atoms with Crippen LogP contribution in [-0.2, 0) is 14.3 Å². The van der Waals surface area contributed by atoms with E-state index in [1.807, 2.05) is 11.8 Å². The highest BCUT2D eigenvalue weighted by molar-refractivity contribution is 7.05. The minimum absolute atomic E-state index is 0.0303. The van der Waals surface area contributed by atoms with Crippen molar-refractivity contribution in [2.45, 2.75) is 31.9 Å². The van der Waals surface area contributed by atoms with E-state index in [4.69, 9.17) is 9.47 Å². The van der Waals surface area contributed by atoms with Crippen LogP contribution in [0.15, 0.2) is 0 Å². The summed E-state index contributed by atoms with van der Waals surface area (Å²) in [6, 6.07) is 0.0421. The molecule has 0 unspecified atom stereocenters. The normalized spacial score (nSPS) is 25.7. The number of hydrogen-bond acceptors (Lipinski definition) is 7. The van der Waals surface area contributed by atoms with Crippen molar-refractivity contribution in [1.82, 2.24) is 19.4 Å². The smallest absolute Gasteiger partial charge is 0.276 e. The van der Waals surface area contributed by atoms with Crippen LogP contribution >= 0.6 is 11.5 Å². The first kappa shape index (κ1) is 18.2. The Morgan fingerprint density at radius 2 is 2.20 bits per heavy atom. The van der Waals surface area contributed by atoms with Gasteiger partial charge in [0.05, 0.1) is 30.2 Å². The molecule has 0 radical (unpaired) electrons. The van der Waals surface area contributed by atoms with Gasteiger partial charge in [0.25, 0.3) is 5.91 Å². The number of ether oxygens (including phenoxy) is 2. The number of carbonyl (C=O) groups excluding carboxylic acids is 2. The molecule has 1 aliphatic carbocycles. The Balaban J connectivity index is 1.58. The summed E-state index contributed by atoms with van der Waals surface area (Å²) in [5, 5.41) is 3.98. The lowest BCUT2D eigenvalue weighted by Crippen LogP contribution is -2.51. The monoisotopic (exact) mass is 368 g/mol. The number of hydrogen-bond donors (Lipinski definition) is 0. The zero-order valence-corrected chi connectivity index (χ0v) is 15.6. The van der Waals surface area contributed by atoms with Gasteiger partial charge >= 0.3 is 0 Å². The maximum Gasteiger partial charge on any atom is 0.276 e. The van der Waals surface area contributed by atoms with E-state index >= 15 is 0 Å². The molecule has 1 aromatic heterocycles. The molecule has 1 aromatic rings. The SMILES string of the molecule is Cc1snnc1C(=O)N1CCO[C@@H]2C[C@@H](COCC(=O)N(C)C)C[C@@H]21. The lowest BCUT2D eigenvalue weighted by Gasteiger charge is -2.37. The number of nitrogens with zero attached hydrogens (tertiary/aromatic N) is 4. The molecule has 0 N–H and O–H groups in total. The van der Waals surface area contributed by atoms with Crippen molar-refractivity contribution in [2.75, 3.05) is 40.5 Å². The Labute approximate surface area is 151 Å². The Hall–Kier alpha value is -1.58. The van der Waals surface area contributed by atoms with E-state index < -0.39 is 0 Å². The van der Waals surface area contributed by atoms with Gasteiger partial charge < -0.3 is 19.3 Å². The number of carbonyl (C=O) groups is 2. The van der Waals surface area contributed by atoms with Crippen LogP contribution in [0, 0.1) is 12.8 Å². The number of amides is 2. The van der Waals surface area contributed by atoms with Crippen LogP contribution in [0.3, 0.4) is 0 Å². The molecule has 0 aromatic carbocycles. The molecule has 3 rings (SSSR count). The first-order valence-electron chi connectivity index (χ1n) is 8.46. The van der Waals surface area contributed by atoms with Gasteiger partial charge in [0.2, 0.25) is 5.91 Å². The average Bonchev–Trinajstić information content (AvgIpc) is 3.19. The number of morpholine rings is 1. The van der Waals surface area contributed by atoms with E-state index in [-0.39, 0.29) is 36.5 Å². The van der Waals surface area contributed by atoms with E-state index in [1.54, 1.807) is 14.1 Å². The number of rotatable bonds is 5. The first-order valence-corrected chi connectivity index (χ1v) is 9.24. The van der Waals surface area contributed by atoms with Crippen LogP contribution in [0.25, 0.3) is 0 Å². The number of aryl methyl sites for hydroxylation is 1. The van der Waals surface area contributed by atoms with Crippen molar-refractivity contribution < 1.29 is 19.1 Å².